The molecule has 1 N–H and O–H groups in total. The van der Waals surface area contributed by atoms with E-state index in [1.54, 1.807) is 7.05 Å². The second kappa shape index (κ2) is 2.81. The number of aromatic nitrogens is 4. The molecule has 0 unspecified atom stereocenters. The third kappa shape index (κ3) is 1.19. The van der Waals surface area contributed by atoms with Crippen LogP contribution in [-0.4, -0.2) is 19.1 Å². The number of H-pyrrole nitrogens is 1. The highest BCUT2D eigenvalue weighted by atomic mass is 32.1. The quantitative estimate of drug-likeness (QED) is 0.724. The average molecular weight is 196 g/mol. The maximum absolute atomic E-state index is 11.6. The maximum atomic E-state index is 11.6. The maximum Gasteiger partial charge on any atom is 0.276 e. The third-order valence-electron chi connectivity index (χ3n) is 1.80. The van der Waals surface area contributed by atoms with E-state index in [4.69, 9.17) is 0 Å². The molecule has 6 heteroatoms. The minimum Gasteiger partial charge on any atom is -0.300 e. The van der Waals surface area contributed by atoms with Gasteiger partial charge in [0.1, 0.15) is 6.33 Å². The number of rotatable bonds is 1. The van der Waals surface area contributed by atoms with Gasteiger partial charge in [-0.05, 0) is 18.5 Å². The van der Waals surface area contributed by atoms with Gasteiger partial charge in [0.05, 0.1) is 5.56 Å². The largest absolute Gasteiger partial charge is 0.300 e. The van der Waals surface area contributed by atoms with Gasteiger partial charge in [-0.1, -0.05) is 0 Å². The highest BCUT2D eigenvalue weighted by molar-refractivity contribution is 7.09. The molecule has 0 saturated heterocycles. The van der Waals surface area contributed by atoms with Crippen LogP contribution >= 0.6 is 11.5 Å². The van der Waals surface area contributed by atoms with Gasteiger partial charge < -0.3 is 0 Å². The summed E-state index contributed by atoms with van der Waals surface area (Å²) < 4.78 is 5.30. The molecule has 68 valence electrons. The molecular formula is C7H8N4OS. The molecule has 2 aromatic heterocycles. The molecule has 0 bridgehead atoms. The van der Waals surface area contributed by atoms with Crippen LogP contribution in [0, 0.1) is 6.92 Å². The molecule has 2 rings (SSSR count). The lowest BCUT2D eigenvalue weighted by Gasteiger charge is -1.86. The van der Waals surface area contributed by atoms with Crippen LogP contribution in [0.4, 0.5) is 0 Å². The van der Waals surface area contributed by atoms with Gasteiger partial charge in [-0.2, -0.15) is 4.37 Å². The van der Waals surface area contributed by atoms with Crippen LogP contribution in [0.3, 0.4) is 0 Å². The molecule has 13 heavy (non-hydrogen) atoms. The Labute approximate surface area is 78.2 Å². The summed E-state index contributed by atoms with van der Waals surface area (Å²) >= 11 is 1.22. The first-order chi connectivity index (χ1) is 6.20. The monoisotopic (exact) mass is 196 g/mol. The van der Waals surface area contributed by atoms with Crippen molar-refractivity contribution in [2.45, 2.75) is 6.92 Å². The second-order valence-electron chi connectivity index (χ2n) is 2.72. The highest BCUT2D eigenvalue weighted by Crippen LogP contribution is 2.18. The Hall–Kier alpha value is -1.43. The molecule has 2 heterocycles. The van der Waals surface area contributed by atoms with E-state index in [1.807, 2.05) is 6.92 Å². The van der Waals surface area contributed by atoms with E-state index in [9.17, 15) is 4.79 Å². The molecule has 5 nitrogen and oxygen atoms in total. The van der Waals surface area contributed by atoms with Crippen LogP contribution in [0.5, 0.6) is 0 Å². The van der Waals surface area contributed by atoms with E-state index in [-0.39, 0.29) is 5.56 Å². The summed E-state index contributed by atoms with van der Waals surface area (Å²) in [5.41, 5.74) is 1.38. The summed E-state index contributed by atoms with van der Waals surface area (Å²) in [5, 5.41) is 3.57. The number of hydrogen-bond donors (Lipinski definition) is 1. The van der Waals surface area contributed by atoms with E-state index < -0.39 is 0 Å². The average Bonchev–Trinajstić information content (AvgIpc) is 2.63. The number of aromatic amines is 1. The predicted molar refractivity (Wildman–Crippen MR) is 49.7 cm³/mol. The second-order valence-corrected chi connectivity index (χ2v) is 3.50. The molecule has 0 saturated carbocycles. The standard InChI is InChI=1S/C7H8N4OS/c1-4-5(6-8-3-9-13-6)7(12)11(2)10-4/h3,10H,1-2H3. The van der Waals surface area contributed by atoms with Gasteiger partial charge in [0, 0.05) is 12.7 Å². The van der Waals surface area contributed by atoms with Crippen molar-refractivity contribution in [2.75, 3.05) is 0 Å². The fourth-order valence-electron chi connectivity index (χ4n) is 1.22. The lowest BCUT2D eigenvalue weighted by Crippen LogP contribution is -2.12. The summed E-state index contributed by atoms with van der Waals surface area (Å²) in [6, 6.07) is 0. The topological polar surface area (TPSA) is 63.6 Å². The van der Waals surface area contributed by atoms with Crippen molar-refractivity contribution in [2.24, 2.45) is 7.05 Å². The normalized spacial score (nSPS) is 10.6. The van der Waals surface area contributed by atoms with Gasteiger partial charge in [0.2, 0.25) is 0 Å². The Kier molecular flexibility index (Phi) is 1.77. The van der Waals surface area contributed by atoms with E-state index in [0.29, 0.717) is 10.6 Å². The molecule has 0 fully saturated rings. The van der Waals surface area contributed by atoms with Gasteiger partial charge in [0.25, 0.3) is 5.56 Å². The predicted octanol–water partition coefficient (Wildman–Crippen LogP) is 0.540. The number of aryl methyl sites for hydroxylation is 2. The van der Waals surface area contributed by atoms with E-state index in [1.165, 1.54) is 22.5 Å². The highest BCUT2D eigenvalue weighted by Gasteiger charge is 2.13. The first-order valence-corrected chi connectivity index (χ1v) is 4.50. The van der Waals surface area contributed by atoms with Gasteiger partial charge in [-0.3, -0.25) is 14.6 Å². The fraction of sp³-hybridized carbons (Fsp3) is 0.286. The van der Waals surface area contributed by atoms with Gasteiger partial charge in [0.15, 0.2) is 5.01 Å². The van der Waals surface area contributed by atoms with Crippen LogP contribution in [0.2, 0.25) is 0 Å². The van der Waals surface area contributed by atoms with E-state index in [0.717, 1.165) is 5.69 Å². The summed E-state index contributed by atoms with van der Waals surface area (Å²) in [7, 11) is 1.68. The lowest BCUT2D eigenvalue weighted by molar-refractivity contribution is 0.731. The Bertz CT molecular complexity index is 467. The third-order valence-corrected chi connectivity index (χ3v) is 2.49. The lowest BCUT2D eigenvalue weighted by atomic mass is 10.3. The van der Waals surface area contributed by atoms with E-state index in [2.05, 4.69) is 14.5 Å². The first kappa shape index (κ1) is 8.18. The van der Waals surface area contributed by atoms with Gasteiger partial charge in [-0.15, -0.1) is 0 Å². The molecule has 0 aliphatic heterocycles. The van der Waals surface area contributed by atoms with Crippen molar-refractivity contribution < 1.29 is 0 Å². The van der Waals surface area contributed by atoms with Crippen molar-refractivity contribution in [3.8, 4) is 10.6 Å². The molecule has 2 aromatic rings. The Morgan fingerprint density at radius 2 is 2.38 bits per heavy atom. The van der Waals surface area contributed by atoms with Gasteiger partial charge >= 0.3 is 0 Å². The summed E-state index contributed by atoms with van der Waals surface area (Å²) in [6.45, 7) is 1.85. The Morgan fingerprint density at radius 1 is 1.62 bits per heavy atom. The Morgan fingerprint density at radius 3 is 2.85 bits per heavy atom. The fourth-order valence-corrected chi connectivity index (χ4v) is 1.84. The van der Waals surface area contributed by atoms with Crippen LogP contribution in [0.25, 0.3) is 10.6 Å². The Balaban J connectivity index is 2.71. The molecule has 0 radical (unpaired) electrons. The SMILES string of the molecule is Cc1[nH]n(C)c(=O)c1-c1ncns1. The number of hydrogen-bond acceptors (Lipinski definition) is 4. The summed E-state index contributed by atoms with van der Waals surface area (Å²) in [4.78, 5) is 15.6. The number of nitrogens with zero attached hydrogens (tertiary/aromatic N) is 3. The van der Waals surface area contributed by atoms with Crippen molar-refractivity contribution >= 4 is 11.5 Å². The molecule has 0 aliphatic carbocycles. The molecule has 0 aliphatic rings. The zero-order valence-corrected chi connectivity index (χ0v) is 8.05. The summed E-state index contributed by atoms with van der Waals surface area (Å²) in [6.07, 6.45) is 1.45. The van der Waals surface area contributed by atoms with Crippen LogP contribution in [0.1, 0.15) is 5.69 Å². The van der Waals surface area contributed by atoms with E-state index >= 15 is 0 Å². The van der Waals surface area contributed by atoms with Gasteiger partial charge in [-0.25, -0.2) is 4.98 Å². The van der Waals surface area contributed by atoms with Crippen LogP contribution < -0.4 is 5.56 Å². The minimum absolute atomic E-state index is 0.0609. The molecule has 0 spiro atoms. The summed E-state index contributed by atoms with van der Waals surface area (Å²) in [5.74, 6) is 0. The first-order valence-electron chi connectivity index (χ1n) is 3.73. The minimum atomic E-state index is -0.0609. The zero-order valence-electron chi connectivity index (χ0n) is 7.24. The van der Waals surface area contributed by atoms with Crippen molar-refractivity contribution in [3.05, 3.63) is 22.4 Å². The van der Waals surface area contributed by atoms with Crippen LogP contribution in [0.15, 0.2) is 11.1 Å². The molecular weight excluding hydrogens is 188 g/mol. The molecule has 0 amide bonds. The molecule has 0 atom stereocenters. The smallest absolute Gasteiger partial charge is 0.276 e. The van der Waals surface area contributed by atoms with Crippen molar-refractivity contribution in [1.29, 1.82) is 0 Å². The number of nitrogens with one attached hydrogen (secondary N) is 1. The van der Waals surface area contributed by atoms with Crippen molar-refractivity contribution in [1.82, 2.24) is 19.1 Å². The van der Waals surface area contributed by atoms with Crippen molar-refractivity contribution in [3.63, 3.8) is 0 Å². The molecule has 0 aromatic carbocycles. The van der Waals surface area contributed by atoms with Crippen LogP contribution in [-0.2, 0) is 7.05 Å². The zero-order chi connectivity index (χ0) is 9.42.